The molecule has 1 amide bonds. The number of nitriles is 1. The first kappa shape index (κ1) is 16.9. The smallest absolute Gasteiger partial charge is 0.323 e. The van der Waals surface area contributed by atoms with Crippen LogP contribution in [0.15, 0.2) is 42.5 Å². The van der Waals surface area contributed by atoms with Gasteiger partial charge in [-0.05, 0) is 18.2 Å². The van der Waals surface area contributed by atoms with Crippen molar-refractivity contribution in [2.75, 3.05) is 7.11 Å². The number of para-hydroxylation sites is 1. The molecule has 1 N–H and O–H groups in total. The summed E-state index contributed by atoms with van der Waals surface area (Å²) in [6, 6.07) is 9.92. The van der Waals surface area contributed by atoms with E-state index in [0.717, 1.165) is 6.07 Å². The van der Waals surface area contributed by atoms with Gasteiger partial charge >= 0.3 is 5.69 Å². The van der Waals surface area contributed by atoms with Crippen LogP contribution in [0.2, 0.25) is 0 Å². The molecule has 0 aliphatic heterocycles. The number of ether oxygens (including phenoxy) is 1. The standard InChI is InChI=1S/C16H12FN3O4/c1-24-14-8-4-6-11(15(14)20(22)23)16(21)19-13(9-18)10-5-2-3-7-12(10)17/h2-8,13H,1H3,(H,19,21)/t13-/m1/s1. The Morgan fingerprint density at radius 1 is 1.33 bits per heavy atom. The average molecular weight is 329 g/mol. The van der Waals surface area contributed by atoms with Crippen LogP contribution in [0.3, 0.4) is 0 Å². The minimum absolute atomic E-state index is 0.0288. The number of nitrogens with zero attached hydrogens (tertiary/aromatic N) is 2. The molecule has 122 valence electrons. The maximum Gasteiger partial charge on any atom is 0.323 e. The number of methoxy groups -OCH3 is 1. The maximum absolute atomic E-state index is 13.8. The Labute approximate surface area is 136 Å². The minimum Gasteiger partial charge on any atom is -0.490 e. The number of hydrogen-bond donors (Lipinski definition) is 1. The van der Waals surface area contributed by atoms with E-state index in [0.29, 0.717) is 0 Å². The zero-order valence-electron chi connectivity index (χ0n) is 12.5. The number of rotatable bonds is 5. The molecule has 8 heteroatoms. The van der Waals surface area contributed by atoms with E-state index in [-0.39, 0.29) is 16.9 Å². The average Bonchev–Trinajstić information content (AvgIpc) is 2.59. The first-order valence-corrected chi connectivity index (χ1v) is 6.76. The quantitative estimate of drug-likeness (QED) is 0.670. The summed E-state index contributed by atoms with van der Waals surface area (Å²) in [6.45, 7) is 0. The predicted molar refractivity (Wildman–Crippen MR) is 81.9 cm³/mol. The third kappa shape index (κ3) is 3.30. The van der Waals surface area contributed by atoms with Crippen LogP contribution in [0.1, 0.15) is 22.0 Å². The van der Waals surface area contributed by atoms with Gasteiger partial charge in [-0.25, -0.2) is 4.39 Å². The summed E-state index contributed by atoms with van der Waals surface area (Å²) in [7, 11) is 1.24. The second kappa shape index (κ2) is 7.19. The fraction of sp³-hybridized carbons (Fsp3) is 0.125. The van der Waals surface area contributed by atoms with Crippen LogP contribution < -0.4 is 10.1 Å². The van der Waals surface area contributed by atoms with Crippen LogP contribution >= 0.6 is 0 Å². The molecule has 0 bridgehead atoms. The number of nitro groups is 1. The van der Waals surface area contributed by atoms with Gasteiger partial charge in [0.1, 0.15) is 17.4 Å². The number of carbonyl (C=O) groups is 1. The molecule has 0 saturated carbocycles. The first-order valence-electron chi connectivity index (χ1n) is 6.76. The lowest BCUT2D eigenvalue weighted by molar-refractivity contribution is -0.386. The van der Waals surface area contributed by atoms with Crippen molar-refractivity contribution in [1.29, 1.82) is 5.26 Å². The van der Waals surface area contributed by atoms with Crippen LogP contribution in [0, 0.1) is 27.3 Å². The molecule has 7 nitrogen and oxygen atoms in total. The summed E-state index contributed by atoms with van der Waals surface area (Å²) in [5.41, 5.74) is -0.836. The highest BCUT2D eigenvalue weighted by Gasteiger charge is 2.27. The van der Waals surface area contributed by atoms with E-state index in [1.807, 2.05) is 0 Å². The van der Waals surface area contributed by atoms with E-state index >= 15 is 0 Å². The summed E-state index contributed by atoms with van der Waals surface area (Å²) >= 11 is 0. The third-order valence-corrected chi connectivity index (χ3v) is 3.27. The first-order chi connectivity index (χ1) is 11.5. The zero-order chi connectivity index (χ0) is 17.7. The Balaban J connectivity index is 2.38. The van der Waals surface area contributed by atoms with Crippen molar-refractivity contribution in [2.45, 2.75) is 6.04 Å². The molecule has 0 heterocycles. The van der Waals surface area contributed by atoms with Gasteiger partial charge < -0.3 is 10.1 Å². The van der Waals surface area contributed by atoms with E-state index in [1.54, 1.807) is 6.07 Å². The van der Waals surface area contributed by atoms with E-state index in [1.165, 1.54) is 43.5 Å². The van der Waals surface area contributed by atoms with Gasteiger partial charge in [-0.15, -0.1) is 0 Å². The molecule has 1 atom stereocenters. The van der Waals surface area contributed by atoms with Crippen LogP contribution in [-0.2, 0) is 0 Å². The normalized spacial score (nSPS) is 11.2. The molecule has 0 radical (unpaired) electrons. The molecule has 0 unspecified atom stereocenters. The Hall–Kier alpha value is -3.47. The number of carbonyl (C=O) groups excluding carboxylic acids is 1. The fourth-order valence-electron chi connectivity index (χ4n) is 2.16. The van der Waals surface area contributed by atoms with Gasteiger partial charge in [0.2, 0.25) is 0 Å². The predicted octanol–water partition coefficient (Wildman–Crippen LogP) is 2.74. The molecule has 0 aliphatic rings. The second-order valence-electron chi connectivity index (χ2n) is 4.67. The Bertz CT molecular complexity index is 832. The Morgan fingerprint density at radius 3 is 2.62 bits per heavy atom. The van der Waals surface area contributed by atoms with Gasteiger partial charge in [0.15, 0.2) is 5.75 Å². The lowest BCUT2D eigenvalue weighted by Crippen LogP contribution is -2.28. The maximum atomic E-state index is 13.8. The van der Waals surface area contributed by atoms with Gasteiger partial charge in [-0.1, -0.05) is 24.3 Å². The summed E-state index contributed by atoms with van der Waals surface area (Å²) in [5.74, 6) is -1.63. The molecule has 0 saturated heterocycles. The molecule has 24 heavy (non-hydrogen) atoms. The number of nitro benzene ring substituents is 1. The molecule has 2 aromatic rings. The molecule has 2 aromatic carbocycles. The van der Waals surface area contributed by atoms with Crippen LogP contribution in [0.4, 0.5) is 10.1 Å². The van der Waals surface area contributed by atoms with Crippen LogP contribution in [0.5, 0.6) is 5.75 Å². The topological polar surface area (TPSA) is 105 Å². The minimum atomic E-state index is -1.29. The Morgan fingerprint density at radius 2 is 2.04 bits per heavy atom. The van der Waals surface area contributed by atoms with E-state index in [4.69, 9.17) is 4.74 Å². The van der Waals surface area contributed by atoms with Crippen LogP contribution in [-0.4, -0.2) is 17.9 Å². The van der Waals surface area contributed by atoms with Crippen molar-refractivity contribution in [1.82, 2.24) is 5.32 Å². The van der Waals surface area contributed by atoms with Gasteiger partial charge in [-0.3, -0.25) is 14.9 Å². The van der Waals surface area contributed by atoms with Crippen molar-refractivity contribution in [3.8, 4) is 11.8 Å². The van der Waals surface area contributed by atoms with Crippen molar-refractivity contribution in [3.63, 3.8) is 0 Å². The van der Waals surface area contributed by atoms with Gasteiger partial charge in [0.25, 0.3) is 5.91 Å². The molecule has 0 aliphatic carbocycles. The lowest BCUT2D eigenvalue weighted by atomic mass is 10.1. The third-order valence-electron chi connectivity index (χ3n) is 3.27. The largest absolute Gasteiger partial charge is 0.490 e. The van der Waals surface area contributed by atoms with Crippen molar-refractivity contribution in [3.05, 3.63) is 69.5 Å². The van der Waals surface area contributed by atoms with E-state index in [2.05, 4.69) is 5.32 Å². The summed E-state index contributed by atoms with van der Waals surface area (Å²) in [5, 5.41) is 22.7. The monoisotopic (exact) mass is 329 g/mol. The number of nitrogens with one attached hydrogen (secondary N) is 1. The highest BCUT2D eigenvalue weighted by Crippen LogP contribution is 2.31. The second-order valence-corrected chi connectivity index (χ2v) is 4.67. The van der Waals surface area contributed by atoms with Crippen molar-refractivity contribution in [2.24, 2.45) is 0 Å². The number of halogens is 1. The molecule has 0 fully saturated rings. The van der Waals surface area contributed by atoms with Gasteiger partial charge in [0, 0.05) is 5.56 Å². The Kier molecular flexibility index (Phi) is 5.06. The number of benzene rings is 2. The molecular formula is C16H12FN3O4. The van der Waals surface area contributed by atoms with Gasteiger partial charge in [-0.2, -0.15) is 5.26 Å². The lowest BCUT2D eigenvalue weighted by Gasteiger charge is -2.13. The van der Waals surface area contributed by atoms with E-state index < -0.39 is 28.4 Å². The van der Waals surface area contributed by atoms with Crippen molar-refractivity contribution < 1.29 is 18.8 Å². The molecular weight excluding hydrogens is 317 g/mol. The molecule has 0 aromatic heterocycles. The molecule has 2 rings (SSSR count). The fourth-order valence-corrected chi connectivity index (χ4v) is 2.16. The highest BCUT2D eigenvalue weighted by molar-refractivity contribution is 5.99. The molecule has 0 spiro atoms. The van der Waals surface area contributed by atoms with Crippen LogP contribution in [0.25, 0.3) is 0 Å². The highest BCUT2D eigenvalue weighted by atomic mass is 19.1. The SMILES string of the molecule is COc1cccc(C(=O)N[C@H](C#N)c2ccccc2F)c1[N+](=O)[O-]. The van der Waals surface area contributed by atoms with Gasteiger partial charge in [0.05, 0.1) is 18.1 Å². The summed E-state index contributed by atoms with van der Waals surface area (Å²) in [4.78, 5) is 22.8. The zero-order valence-corrected chi connectivity index (χ0v) is 12.5. The number of hydrogen-bond acceptors (Lipinski definition) is 5. The number of amides is 1. The van der Waals surface area contributed by atoms with Crippen molar-refractivity contribution >= 4 is 11.6 Å². The van der Waals surface area contributed by atoms with E-state index in [9.17, 15) is 24.6 Å². The summed E-state index contributed by atoms with van der Waals surface area (Å²) in [6.07, 6.45) is 0. The summed E-state index contributed by atoms with van der Waals surface area (Å²) < 4.78 is 18.7.